The van der Waals surface area contributed by atoms with Gasteiger partial charge >= 0.3 is 7.12 Å². The van der Waals surface area contributed by atoms with Crippen LogP contribution in [0.5, 0.6) is 0 Å². The molecule has 0 saturated heterocycles. The Morgan fingerprint density at radius 2 is 2.33 bits per heavy atom. The summed E-state index contributed by atoms with van der Waals surface area (Å²) >= 11 is 0. The molecule has 1 aromatic rings. The van der Waals surface area contributed by atoms with Crippen molar-refractivity contribution in [1.29, 1.82) is 0 Å². The lowest BCUT2D eigenvalue weighted by atomic mass is 9.79. The number of rotatable bonds is 2. The quantitative estimate of drug-likeness (QED) is 0.621. The average Bonchev–Trinajstić information content (AvgIpc) is 2.14. The molecule has 0 aliphatic heterocycles. The van der Waals surface area contributed by atoms with E-state index < -0.39 is 31.7 Å². The Kier molecular flexibility index (Phi) is 1.35. The van der Waals surface area contributed by atoms with Crippen LogP contribution in [0, 0.1) is 5.82 Å². The maximum Gasteiger partial charge on any atom is 0.488 e. The zero-order valence-corrected chi connectivity index (χ0v) is 6.08. The Balaban J connectivity index is 3.32. The van der Waals surface area contributed by atoms with Gasteiger partial charge in [0.1, 0.15) is 5.82 Å². The van der Waals surface area contributed by atoms with Crippen molar-refractivity contribution in [2.75, 3.05) is 0 Å². The van der Waals surface area contributed by atoms with Gasteiger partial charge in [0.15, 0.2) is 0 Å². The zero-order valence-electron chi connectivity index (χ0n) is 11.1. The Morgan fingerprint density at radius 3 is 2.92 bits per heavy atom. The summed E-state index contributed by atoms with van der Waals surface area (Å²) in [5.41, 5.74) is -0.756. The Hall–Kier alpha value is -0.865. The highest BCUT2D eigenvalue weighted by molar-refractivity contribution is 6.58. The molecule has 0 saturated carbocycles. The topological polar surface area (TPSA) is 40.5 Å². The van der Waals surface area contributed by atoms with E-state index in [4.69, 9.17) is 16.9 Å². The van der Waals surface area contributed by atoms with Crippen LogP contribution in [-0.4, -0.2) is 17.2 Å². The fourth-order valence-corrected chi connectivity index (χ4v) is 0.834. The van der Waals surface area contributed by atoms with Crippen molar-refractivity contribution in [3.05, 3.63) is 29.6 Å². The SMILES string of the molecule is [2H]C([2H])([2H])C([2H])([2H])c1cc(F)cc(B(O)O)c1. The Bertz CT molecular complexity index is 421. The van der Waals surface area contributed by atoms with E-state index in [0.29, 0.717) is 0 Å². The molecule has 4 heteroatoms. The first-order chi connectivity index (χ1) is 7.55. The minimum atomic E-state index is -2.97. The van der Waals surface area contributed by atoms with E-state index in [1.165, 1.54) is 0 Å². The molecule has 64 valence electrons. The molecule has 0 aliphatic rings. The van der Waals surface area contributed by atoms with Gasteiger partial charge in [-0.05, 0) is 29.5 Å². The molecule has 2 N–H and O–H groups in total. The van der Waals surface area contributed by atoms with Crippen LogP contribution in [0.4, 0.5) is 4.39 Å². The first-order valence-corrected chi connectivity index (χ1v) is 3.23. The lowest BCUT2D eigenvalue weighted by Crippen LogP contribution is -2.30. The Labute approximate surface area is 77.8 Å². The minimum Gasteiger partial charge on any atom is -0.423 e. The van der Waals surface area contributed by atoms with Gasteiger partial charge in [-0.15, -0.1) is 0 Å². The summed E-state index contributed by atoms with van der Waals surface area (Å²) in [5, 5.41) is 17.7. The summed E-state index contributed by atoms with van der Waals surface area (Å²) in [6, 6.07) is 2.43. The van der Waals surface area contributed by atoms with E-state index in [2.05, 4.69) is 0 Å². The summed E-state index contributed by atoms with van der Waals surface area (Å²) < 4.78 is 49.1. The maximum absolute atomic E-state index is 13.1. The van der Waals surface area contributed by atoms with E-state index in [1.807, 2.05) is 0 Å². The second kappa shape index (κ2) is 3.69. The predicted octanol–water partition coefficient (Wildman–Crippen LogP) is 0.0679. The first kappa shape index (κ1) is 4.39. The summed E-state index contributed by atoms with van der Waals surface area (Å²) in [6.45, 7) is -2.97. The smallest absolute Gasteiger partial charge is 0.423 e. The van der Waals surface area contributed by atoms with E-state index in [1.54, 1.807) is 0 Å². The summed E-state index contributed by atoms with van der Waals surface area (Å²) in [6.07, 6.45) is -2.77. The molecule has 0 bridgehead atoms. The third kappa shape index (κ3) is 2.06. The van der Waals surface area contributed by atoms with Crippen LogP contribution in [0.2, 0.25) is 0 Å². The average molecular weight is 173 g/mol. The van der Waals surface area contributed by atoms with Gasteiger partial charge in [-0.3, -0.25) is 0 Å². The van der Waals surface area contributed by atoms with Gasteiger partial charge in [0, 0.05) is 6.85 Å². The molecule has 0 heterocycles. The molecule has 0 aliphatic carbocycles. The van der Waals surface area contributed by atoms with Crippen molar-refractivity contribution in [1.82, 2.24) is 0 Å². The van der Waals surface area contributed by atoms with Gasteiger partial charge in [0.25, 0.3) is 0 Å². The monoisotopic (exact) mass is 173 g/mol. The minimum absolute atomic E-state index is 0.298. The van der Waals surface area contributed by atoms with Crippen molar-refractivity contribution in [2.24, 2.45) is 0 Å². The third-order valence-electron chi connectivity index (χ3n) is 1.36. The van der Waals surface area contributed by atoms with Crippen molar-refractivity contribution < 1.29 is 21.3 Å². The van der Waals surface area contributed by atoms with Crippen molar-refractivity contribution >= 4 is 12.6 Å². The summed E-state index contributed by atoms with van der Waals surface area (Å²) in [7, 11) is -1.99. The van der Waals surface area contributed by atoms with Gasteiger partial charge in [-0.2, -0.15) is 0 Å². The van der Waals surface area contributed by atoms with Crippen LogP contribution in [0.25, 0.3) is 0 Å². The first-order valence-electron chi connectivity index (χ1n) is 5.73. The van der Waals surface area contributed by atoms with Gasteiger partial charge < -0.3 is 10.0 Å². The molecule has 0 aromatic heterocycles. The predicted molar refractivity (Wildman–Crippen MR) is 45.6 cm³/mol. The third-order valence-corrected chi connectivity index (χ3v) is 1.36. The van der Waals surface area contributed by atoms with Gasteiger partial charge in [0.05, 0.1) is 0 Å². The van der Waals surface area contributed by atoms with Gasteiger partial charge in [0.2, 0.25) is 0 Å². The number of halogens is 1. The maximum atomic E-state index is 13.1. The van der Waals surface area contributed by atoms with E-state index in [-0.39, 0.29) is 5.46 Å². The summed E-state index contributed by atoms with van der Waals surface area (Å²) in [5.74, 6) is -0.932. The molecule has 0 unspecified atom stereocenters. The largest absolute Gasteiger partial charge is 0.488 e. The van der Waals surface area contributed by atoms with Crippen LogP contribution < -0.4 is 5.46 Å². The normalized spacial score (nSPS) is 18.4. The molecule has 0 fully saturated rings. The number of benzene rings is 1. The van der Waals surface area contributed by atoms with Gasteiger partial charge in [-0.25, -0.2) is 4.39 Å². The van der Waals surface area contributed by atoms with E-state index in [9.17, 15) is 4.39 Å². The molecule has 2 nitrogen and oxygen atoms in total. The second-order valence-corrected chi connectivity index (χ2v) is 2.27. The number of hydrogen-bond acceptors (Lipinski definition) is 2. The number of hydrogen-bond donors (Lipinski definition) is 2. The molecule has 0 spiro atoms. The van der Waals surface area contributed by atoms with Gasteiger partial charge in [-0.1, -0.05) is 12.9 Å². The van der Waals surface area contributed by atoms with Crippen LogP contribution in [0.15, 0.2) is 18.2 Å². The highest BCUT2D eigenvalue weighted by Gasteiger charge is 2.12. The highest BCUT2D eigenvalue weighted by atomic mass is 19.1. The second-order valence-electron chi connectivity index (χ2n) is 2.27. The van der Waals surface area contributed by atoms with Crippen molar-refractivity contribution in [3.63, 3.8) is 0 Å². The molecular formula is C8H10BFO2. The lowest BCUT2D eigenvalue weighted by molar-refractivity contribution is 0.425. The van der Waals surface area contributed by atoms with Crippen LogP contribution in [0.3, 0.4) is 0 Å². The number of aryl methyl sites for hydroxylation is 1. The fraction of sp³-hybridized carbons (Fsp3) is 0.250. The van der Waals surface area contributed by atoms with E-state index >= 15 is 0 Å². The highest BCUT2D eigenvalue weighted by Crippen LogP contribution is 2.02. The molecular weight excluding hydrogens is 158 g/mol. The van der Waals surface area contributed by atoms with Crippen LogP contribution in [-0.2, 0) is 6.37 Å². The molecule has 0 radical (unpaired) electrons. The Morgan fingerprint density at radius 1 is 1.58 bits per heavy atom. The molecule has 0 atom stereocenters. The fourth-order valence-electron chi connectivity index (χ4n) is 0.834. The molecule has 1 rings (SSSR count). The van der Waals surface area contributed by atoms with E-state index in [0.717, 1.165) is 18.2 Å². The lowest BCUT2D eigenvalue weighted by Gasteiger charge is -2.02. The van der Waals surface area contributed by atoms with Crippen molar-refractivity contribution in [3.8, 4) is 0 Å². The zero-order chi connectivity index (χ0) is 13.4. The summed E-state index contributed by atoms with van der Waals surface area (Å²) in [4.78, 5) is 0. The van der Waals surface area contributed by atoms with Crippen LogP contribution in [0.1, 0.15) is 19.3 Å². The van der Waals surface area contributed by atoms with Crippen LogP contribution >= 0.6 is 0 Å². The van der Waals surface area contributed by atoms with Crippen molar-refractivity contribution in [2.45, 2.75) is 13.2 Å². The molecule has 0 amide bonds. The molecule has 12 heavy (non-hydrogen) atoms. The standard InChI is InChI=1S/C8H10BFO2/c1-2-6-3-7(9(11)12)5-8(10)4-6/h3-5,11-12H,2H2,1H3/i1D3,2D2. The molecule has 1 aromatic carbocycles.